The fourth-order valence-electron chi connectivity index (χ4n) is 2.44. The maximum atomic E-state index is 11.9. The number of hydrogen-bond donors (Lipinski definition) is 1. The predicted octanol–water partition coefficient (Wildman–Crippen LogP) is 2.68. The zero-order valence-corrected chi connectivity index (χ0v) is 13.1. The molecule has 118 valence electrons. The molecule has 2 rings (SSSR count). The number of carbonyl (C=O) groups is 3. The molecule has 1 aromatic carbocycles. The quantitative estimate of drug-likeness (QED) is 0.822. The Balaban J connectivity index is 1.76. The van der Waals surface area contributed by atoms with Crippen LogP contribution >= 0.6 is 0 Å². The van der Waals surface area contributed by atoms with Crippen molar-refractivity contribution >= 4 is 23.4 Å². The predicted molar refractivity (Wildman–Crippen MR) is 84.3 cm³/mol. The number of anilines is 1. The molecule has 3 amide bonds. The largest absolute Gasteiger partial charge is 0.326 e. The number of likely N-dealkylation sites (tertiary alicyclic amines) is 1. The molecule has 0 radical (unpaired) electrons. The van der Waals surface area contributed by atoms with Crippen LogP contribution in [0.15, 0.2) is 24.3 Å². The lowest BCUT2D eigenvalue weighted by molar-refractivity contribution is -0.138. The first-order chi connectivity index (χ1) is 10.5. The van der Waals surface area contributed by atoms with Crippen LogP contribution in [-0.4, -0.2) is 29.2 Å². The molecule has 0 spiro atoms. The Labute approximate surface area is 130 Å². The van der Waals surface area contributed by atoms with E-state index in [9.17, 15) is 14.4 Å². The molecule has 5 nitrogen and oxygen atoms in total. The van der Waals surface area contributed by atoms with Crippen LogP contribution in [0.4, 0.5) is 5.69 Å². The summed E-state index contributed by atoms with van der Waals surface area (Å²) in [5.41, 5.74) is 1.99. The topological polar surface area (TPSA) is 66.5 Å². The first-order valence-corrected chi connectivity index (χ1v) is 7.70. The summed E-state index contributed by atoms with van der Waals surface area (Å²) in [5.74, 6) is 0.0982. The summed E-state index contributed by atoms with van der Waals surface area (Å²) in [6, 6.07) is 7.78. The van der Waals surface area contributed by atoms with Crippen LogP contribution in [-0.2, 0) is 14.4 Å². The van der Waals surface area contributed by atoms with Gasteiger partial charge in [-0.05, 0) is 30.0 Å². The van der Waals surface area contributed by atoms with Crippen LogP contribution < -0.4 is 5.32 Å². The third-order valence-corrected chi connectivity index (χ3v) is 3.80. The number of carbonyl (C=O) groups excluding carboxylic acids is 3. The molecular formula is C17H22N2O3. The van der Waals surface area contributed by atoms with E-state index in [1.54, 1.807) is 0 Å². The van der Waals surface area contributed by atoms with E-state index in [0.717, 1.165) is 5.69 Å². The molecule has 1 saturated heterocycles. The zero-order valence-electron chi connectivity index (χ0n) is 13.1. The maximum absolute atomic E-state index is 11.9. The van der Waals surface area contributed by atoms with Crippen molar-refractivity contribution in [1.82, 2.24) is 4.90 Å². The Bertz CT molecular complexity index is 548. The minimum Gasteiger partial charge on any atom is -0.326 e. The number of benzene rings is 1. The monoisotopic (exact) mass is 302 g/mol. The third kappa shape index (κ3) is 4.16. The van der Waals surface area contributed by atoms with Gasteiger partial charge in [-0.1, -0.05) is 26.0 Å². The summed E-state index contributed by atoms with van der Waals surface area (Å²) < 4.78 is 0. The highest BCUT2D eigenvalue weighted by atomic mass is 16.2. The van der Waals surface area contributed by atoms with Gasteiger partial charge >= 0.3 is 0 Å². The Morgan fingerprint density at radius 2 is 1.73 bits per heavy atom. The van der Waals surface area contributed by atoms with E-state index in [4.69, 9.17) is 0 Å². The zero-order chi connectivity index (χ0) is 16.1. The minimum absolute atomic E-state index is 0.101. The molecule has 0 bridgehead atoms. The number of nitrogens with one attached hydrogen (secondary N) is 1. The Hall–Kier alpha value is -2.17. The summed E-state index contributed by atoms with van der Waals surface area (Å²) in [5, 5.41) is 2.83. The molecule has 22 heavy (non-hydrogen) atoms. The van der Waals surface area contributed by atoms with Gasteiger partial charge in [0.25, 0.3) is 0 Å². The molecule has 1 fully saturated rings. The van der Waals surface area contributed by atoms with Crippen molar-refractivity contribution in [2.45, 2.75) is 45.4 Å². The number of nitrogens with zero attached hydrogens (tertiary/aromatic N) is 1. The molecule has 5 heteroatoms. The average Bonchev–Trinajstić information content (AvgIpc) is 2.79. The van der Waals surface area contributed by atoms with Crippen molar-refractivity contribution in [2.24, 2.45) is 0 Å². The first kappa shape index (κ1) is 16.2. The van der Waals surface area contributed by atoms with Gasteiger partial charge < -0.3 is 5.32 Å². The van der Waals surface area contributed by atoms with Crippen molar-refractivity contribution in [3.63, 3.8) is 0 Å². The lowest BCUT2D eigenvalue weighted by Gasteiger charge is -2.13. The molecule has 1 aromatic rings. The third-order valence-electron chi connectivity index (χ3n) is 3.80. The molecule has 0 atom stereocenters. The van der Waals surface area contributed by atoms with Crippen molar-refractivity contribution in [2.75, 3.05) is 11.9 Å². The fourth-order valence-corrected chi connectivity index (χ4v) is 2.44. The van der Waals surface area contributed by atoms with Gasteiger partial charge in [-0.3, -0.25) is 19.3 Å². The van der Waals surface area contributed by atoms with E-state index < -0.39 is 0 Å². The van der Waals surface area contributed by atoms with Crippen LogP contribution in [0.2, 0.25) is 0 Å². The summed E-state index contributed by atoms with van der Waals surface area (Å²) in [6.45, 7) is 4.57. The molecule has 0 saturated carbocycles. The highest BCUT2D eigenvalue weighted by Crippen LogP contribution is 2.17. The molecule has 0 unspecified atom stereocenters. The molecule has 0 aliphatic carbocycles. The summed E-state index contributed by atoms with van der Waals surface area (Å²) in [7, 11) is 0. The standard InChI is InChI=1S/C17H22N2O3/c1-12(2)13-5-7-14(8-6-13)18-15(20)4-3-11-19-16(21)9-10-17(19)22/h5-8,12H,3-4,9-11H2,1-2H3,(H,18,20). The molecule has 1 N–H and O–H groups in total. The Kier molecular flexibility index (Phi) is 5.31. The van der Waals surface area contributed by atoms with Crippen LogP contribution in [0.1, 0.15) is 51.0 Å². The SMILES string of the molecule is CC(C)c1ccc(NC(=O)CCCN2C(=O)CCC2=O)cc1. The summed E-state index contributed by atoms with van der Waals surface area (Å²) in [4.78, 5) is 36.0. The molecular weight excluding hydrogens is 280 g/mol. The van der Waals surface area contributed by atoms with Gasteiger partial charge in [0.15, 0.2) is 0 Å². The fraction of sp³-hybridized carbons (Fsp3) is 0.471. The Morgan fingerprint density at radius 3 is 2.27 bits per heavy atom. The summed E-state index contributed by atoms with van der Waals surface area (Å²) >= 11 is 0. The van der Waals surface area contributed by atoms with Gasteiger partial charge in [0.1, 0.15) is 0 Å². The van der Waals surface area contributed by atoms with Gasteiger partial charge in [0, 0.05) is 31.5 Å². The number of imide groups is 1. The number of amides is 3. The smallest absolute Gasteiger partial charge is 0.229 e. The van der Waals surface area contributed by atoms with Crippen LogP contribution in [0, 0.1) is 0 Å². The van der Waals surface area contributed by atoms with Crippen LogP contribution in [0.5, 0.6) is 0 Å². The van der Waals surface area contributed by atoms with Crippen molar-refractivity contribution in [3.05, 3.63) is 29.8 Å². The van der Waals surface area contributed by atoms with E-state index in [1.807, 2.05) is 24.3 Å². The Morgan fingerprint density at radius 1 is 1.14 bits per heavy atom. The van der Waals surface area contributed by atoms with E-state index in [2.05, 4.69) is 19.2 Å². The molecule has 1 heterocycles. The maximum Gasteiger partial charge on any atom is 0.229 e. The van der Waals surface area contributed by atoms with Gasteiger partial charge in [-0.2, -0.15) is 0 Å². The number of hydrogen-bond acceptors (Lipinski definition) is 3. The molecule has 1 aliphatic heterocycles. The minimum atomic E-state index is -0.130. The molecule has 0 aromatic heterocycles. The van der Waals surface area contributed by atoms with Crippen molar-refractivity contribution in [1.29, 1.82) is 0 Å². The van der Waals surface area contributed by atoms with Gasteiger partial charge in [-0.15, -0.1) is 0 Å². The number of rotatable bonds is 6. The van der Waals surface area contributed by atoms with E-state index >= 15 is 0 Å². The van der Waals surface area contributed by atoms with Crippen LogP contribution in [0.3, 0.4) is 0 Å². The molecule has 1 aliphatic rings. The van der Waals surface area contributed by atoms with Gasteiger partial charge in [-0.25, -0.2) is 0 Å². The van der Waals surface area contributed by atoms with E-state index in [-0.39, 0.29) is 17.7 Å². The van der Waals surface area contributed by atoms with Gasteiger partial charge in [0.2, 0.25) is 17.7 Å². The van der Waals surface area contributed by atoms with E-state index in [1.165, 1.54) is 10.5 Å². The van der Waals surface area contributed by atoms with E-state index in [0.29, 0.717) is 38.1 Å². The van der Waals surface area contributed by atoms with Crippen molar-refractivity contribution in [3.8, 4) is 0 Å². The first-order valence-electron chi connectivity index (χ1n) is 7.70. The highest BCUT2D eigenvalue weighted by molar-refractivity contribution is 6.02. The second kappa shape index (κ2) is 7.20. The second-order valence-corrected chi connectivity index (χ2v) is 5.87. The summed E-state index contributed by atoms with van der Waals surface area (Å²) in [6.07, 6.45) is 1.39. The van der Waals surface area contributed by atoms with Crippen molar-refractivity contribution < 1.29 is 14.4 Å². The van der Waals surface area contributed by atoms with Gasteiger partial charge in [0.05, 0.1) is 0 Å². The van der Waals surface area contributed by atoms with Crippen LogP contribution in [0.25, 0.3) is 0 Å². The average molecular weight is 302 g/mol. The lowest BCUT2D eigenvalue weighted by Crippen LogP contribution is -2.30. The normalized spacial score (nSPS) is 14.8. The second-order valence-electron chi connectivity index (χ2n) is 5.87. The lowest BCUT2D eigenvalue weighted by atomic mass is 10.0. The highest BCUT2D eigenvalue weighted by Gasteiger charge is 2.28.